The number of amides is 1. The standard InChI is InChI=1S/C20H27FN6O.ClH/c1-12-24-25-26-27(12)18(9-13-5-7-16(21)8-6-13)20(28)23-19-14-3-2-4-15(19)11-17(22)10-14;/h5-8,14-15,17-19H,2-4,9-11,22H2,1H3,(H,23,28);1H. The summed E-state index contributed by atoms with van der Waals surface area (Å²) < 4.78 is 14.8. The predicted molar refractivity (Wildman–Crippen MR) is 109 cm³/mol. The van der Waals surface area contributed by atoms with Crippen LogP contribution in [0.4, 0.5) is 4.39 Å². The number of nitrogens with two attached hydrogens (primary N) is 1. The smallest absolute Gasteiger partial charge is 0.245 e. The zero-order valence-electron chi connectivity index (χ0n) is 16.5. The molecule has 7 nitrogen and oxygen atoms in total. The first kappa shape index (κ1) is 21.6. The molecule has 2 aliphatic carbocycles. The molecule has 2 aliphatic rings. The number of halogens is 2. The summed E-state index contributed by atoms with van der Waals surface area (Å²) in [5, 5.41) is 15.0. The van der Waals surface area contributed by atoms with E-state index in [1.165, 1.54) is 18.6 Å². The lowest BCUT2D eigenvalue weighted by molar-refractivity contribution is -0.127. The van der Waals surface area contributed by atoms with Crippen molar-refractivity contribution in [1.82, 2.24) is 25.5 Å². The van der Waals surface area contributed by atoms with E-state index in [0.29, 0.717) is 24.1 Å². The molecule has 3 N–H and O–H groups in total. The fourth-order valence-corrected chi connectivity index (χ4v) is 4.95. The van der Waals surface area contributed by atoms with Gasteiger partial charge in [-0.1, -0.05) is 18.6 Å². The van der Waals surface area contributed by atoms with E-state index in [1.807, 2.05) is 0 Å². The molecule has 29 heavy (non-hydrogen) atoms. The van der Waals surface area contributed by atoms with Gasteiger partial charge in [-0.3, -0.25) is 4.79 Å². The first-order valence-corrected chi connectivity index (χ1v) is 10.1. The van der Waals surface area contributed by atoms with Crippen molar-refractivity contribution >= 4 is 18.3 Å². The highest BCUT2D eigenvalue weighted by atomic mass is 35.5. The molecule has 1 aromatic heterocycles. The Labute approximate surface area is 176 Å². The Hall–Kier alpha value is -2.06. The van der Waals surface area contributed by atoms with Gasteiger partial charge in [-0.05, 0) is 72.6 Å². The number of fused-ring (bicyclic) bond motifs is 2. The summed E-state index contributed by atoms with van der Waals surface area (Å²) in [7, 11) is 0. The third-order valence-corrected chi connectivity index (χ3v) is 6.28. The topological polar surface area (TPSA) is 98.7 Å². The molecule has 2 fully saturated rings. The maximum absolute atomic E-state index is 13.3. The zero-order valence-corrected chi connectivity index (χ0v) is 17.3. The summed E-state index contributed by atoms with van der Waals surface area (Å²) in [6.45, 7) is 1.78. The Balaban J connectivity index is 0.00000240. The number of tetrazole rings is 1. The first-order valence-electron chi connectivity index (χ1n) is 10.1. The van der Waals surface area contributed by atoms with Crippen LogP contribution in [0.15, 0.2) is 24.3 Å². The number of carbonyl (C=O) groups excluding carboxylic acids is 1. The number of carbonyl (C=O) groups is 1. The van der Waals surface area contributed by atoms with Crippen LogP contribution in [0.1, 0.15) is 49.5 Å². The van der Waals surface area contributed by atoms with Gasteiger partial charge in [0.2, 0.25) is 5.91 Å². The van der Waals surface area contributed by atoms with Crippen LogP contribution in [0.3, 0.4) is 0 Å². The van der Waals surface area contributed by atoms with Crippen molar-refractivity contribution in [3.63, 3.8) is 0 Å². The van der Waals surface area contributed by atoms with Crippen LogP contribution in [0.5, 0.6) is 0 Å². The second-order valence-corrected chi connectivity index (χ2v) is 8.23. The second-order valence-electron chi connectivity index (χ2n) is 8.23. The van der Waals surface area contributed by atoms with E-state index in [0.717, 1.165) is 31.2 Å². The summed E-state index contributed by atoms with van der Waals surface area (Å²) in [6, 6.07) is 6.03. The molecule has 1 heterocycles. The molecule has 2 bridgehead atoms. The quantitative estimate of drug-likeness (QED) is 0.770. The summed E-state index contributed by atoms with van der Waals surface area (Å²) in [6.07, 6.45) is 5.77. The Kier molecular flexibility index (Phi) is 6.85. The van der Waals surface area contributed by atoms with Gasteiger partial charge in [0.15, 0.2) is 0 Å². The molecule has 9 heteroatoms. The Morgan fingerprint density at radius 3 is 2.52 bits per heavy atom. The van der Waals surface area contributed by atoms with Crippen molar-refractivity contribution < 1.29 is 9.18 Å². The zero-order chi connectivity index (χ0) is 19.7. The number of hydrogen-bond donors (Lipinski definition) is 2. The van der Waals surface area contributed by atoms with Crippen LogP contribution in [-0.2, 0) is 11.2 Å². The van der Waals surface area contributed by atoms with E-state index >= 15 is 0 Å². The van der Waals surface area contributed by atoms with Gasteiger partial charge in [-0.25, -0.2) is 9.07 Å². The number of aromatic nitrogens is 4. The number of hydrogen-bond acceptors (Lipinski definition) is 5. The minimum Gasteiger partial charge on any atom is -0.351 e. The highest BCUT2D eigenvalue weighted by molar-refractivity contribution is 5.85. The number of nitrogens with zero attached hydrogens (tertiary/aromatic N) is 4. The molecule has 0 radical (unpaired) electrons. The molecule has 3 unspecified atom stereocenters. The van der Waals surface area contributed by atoms with Gasteiger partial charge in [0.1, 0.15) is 17.7 Å². The van der Waals surface area contributed by atoms with E-state index in [-0.39, 0.29) is 36.2 Å². The van der Waals surface area contributed by atoms with Crippen molar-refractivity contribution in [2.45, 2.75) is 63.6 Å². The Morgan fingerprint density at radius 1 is 1.28 bits per heavy atom. The van der Waals surface area contributed by atoms with Crippen LogP contribution < -0.4 is 11.1 Å². The maximum Gasteiger partial charge on any atom is 0.245 e. The van der Waals surface area contributed by atoms with Crippen molar-refractivity contribution in [1.29, 1.82) is 0 Å². The molecule has 1 amide bonds. The van der Waals surface area contributed by atoms with Gasteiger partial charge >= 0.3 is 0 Å². The highest BCUT2D eigenvalue weighted by Crippen LogP contribution is 2.39. The molecule has 3 atom stereocenters. The van der Waals surface area contributed by atoms with E-state index in [4.69, 9.17) is 5.73 Å². The van der Waals surface area contributed by atoms with E-state index in [9.17, 15) is 9.18 Å². The monoisotopic (exact) mass is 422 g/mol. The lowest BCUT2D eigenvalue weighted by Crippen LogP contribution is -2.55. The second kappa shape index (κ2) is 9.17. The third-order valence-electron chi connectivity index (χ3n) is 6.28. The summed E-state index contributed by atoms with van der Waals surface area (Å²) in [5.74, 6) is 1.07. The van der Waals surface area contributed by atoms with E-state index in [1.54, 1.807) is 23.7 Å². The van der Waals surface area contributed by atoms with Gasteiger partial charge < -0.3 is 11.1 Å². The number of aryl methyl sites for hydroxylation is 1. The van der Waals surface area contributed by atoms with Crippen molar-refractivity contribution in [3.05, 3.63) is 41.5 Å². The fraction of sp³-hybridized carbons (Fsp3) is 0.600. The first-order chi connectivity index (χ1) is 13.5. The lowest BCUT2D eigenvalue weighted by atomic mass is 9.67. The minimum atomic E-state index is -0.572. The van der Waals surface area contributed by atoms with Crippen LogP contribution >= 0.6 is 12.4 Å². The fourth-order valence-electron chi connectivity index (χ4n) is 4.95. The van der Waals surface area contributed by atoms with Gasteiger partial charge in [0.25, 0.3) is 0 Å². The summed E-state index contributed by atoms with van der Waals surface area (Å²) in [4.78, 5) is 13.3. The van der Waals surface area contributed by atoms with Crippen LogP contribution in [0, 0.1) is 24.6 Å². The largest absolute Gasteiger partial charge is 0.351 e. The summed E-state index contributed by atoms with van der Waals surface area (Å²) >= 11 is 0. The number of benzene rings is 1. The Bertz CT molecular complexity index is 815. The van der Waals surface area contributed by atoms with Gasteiger partial charge in [0, 0.05) is 18.5 Å². The van der Waals surface area contributed by atoms with Crippen molar-refractivity contribution in [2.24, 2.45) is 17.6 Å². The van der Waals surface area contributed by atoms with Gasteiger partial charge in [-0.2, -0.15) is 0 Å². The minimum absolute atomic E-state index is 0. The number of rotatable bonds is 5. The predicted octanol–water partition coefficient (Wildman–Crippen LogP) is 2.35. The molecule has 4 rings (SSSR count). The molecular weight excluding hydrogens is 395 g/mol. The molecule has 0 aliphatic heterocycles. The molecule has 158 valence electrons. The van der Waals surface area contributed by atoms with E-state index < -0.39 is 6.04 Å². The average molecular weight is 423 g/mol. The number of nitrogens with one attached hydrogen (secondary N) is 1. The Morgan fingerprint density at radius 2 is 1.93 bits per heavy atom. The van der Waals surface area contributed by atoms with Crippen LogP contribution in [0.25, 0.3) is 0 Å². The molecule has 0 spiro atoms. The third kappa shape index (κ3) is 4.75. The maximum atomic E-state index is 13.3. The molecule has 2 aromatic rings. The normalized spacial score (nSPS) is 27.0. The lowest BCUT2D eigenvalue weighted by Gasteiger charge is -2.45. The molecule has 2 saturated carbocycles. The SMILES string of the molecule is Cc1nnnn1C(Cc1ccc(F)cc1)C(=O)NC1C2CCCC1CC(N)C2.Cl. The molecule has 1 aromatic carbocycles. The van der Waals surface area contributed by atoms with Crippen LogP contribution in [0.2, 0.25) is 0 Å². The molecular formula is C20H28ClFN6O. The summed E-state index contributed by atoms with van der Waals surface area (Å²) in [5.41, 5.74) is 7.08. The van der Waals surface area contributed by atoms with Crippen molar-refractivity contribution in [2.75, 3.05) is 0 Å². The highest BCUT2D eigenvalue weighted by Gasteiger charge is 2.41. The van der Waals surface area contributed by atoms with E-state index in [2.05, 4.69) is 20.8 Å². The average Bonchev–Trinajstić information content (AvgIpc) is 3.07. The van der Waals surface area contributed by atoms with Crippen molar-refractivity contribution in [3.8, 4) is 0 Å². The van der Waals surface area contributed by atoms with Crippen LogP contribution in [-0.4, -0.2) is 38.2 Å². The van der Waals surface area contributed by atoms with Gasteiger partial charge in [-0.15, -0.1) is 17.5 Å². The molecule has 0 saturated heterocycles. The van der Waals surface area contributed by atoms with Gasteiger partial charge in [0.05, 0.1) is 0 Å².